The van der Waals surface area contributed by atoms with Crippen LogP contribution in [0.25, 0.3) is 0 Å². The SMILES string of the molecule is CCNCc1ccc(N2CCC3CCC(C2)N3C)cc1Br. The van der Waals surface area contributed by atoms with Crippen LogP contribution in [0.15, 0.2) is 22.7 Å². The van der Waals surface area contributed by atoms with Crippen molar-refractivity contribution in [1.82, 2.24) is 10.2 Å². The number of halogens is 1. The Kier molecular flexibility index (Phi) is 4.87. The van der Waals surface area contributed by atoms with E-state index in [1.165, 1.54) is 48.1 Å². The van der Waals surface area contributed by atoms with Gasteiger partial charge in [-0.05, 0) is 50.6 Å². The van der Waals surface area contributed by atoms with E-state index >= 15 is 0 Å². The van der Waals surface area contributed by atoms with Crippen LogP contribution in [0.1, 0.15) is 31.7 Å². The summed E-state index contributed by atoms with van der Waals surface area (Å²) < 4.78 is 1.23. The summed E-state index contributed by atoms with van der Waals surface area (Å²) in [4.78, 5) is 5.18. The Morgan fingerprint density at radius 3 is 2.81 bits per heavy atom. The third-order valence-corrected chi connectivity index (χ3v) is 5.85. The summed E-state index contributed by atoms with van der Waals surface area (Å²) in [6.07, 6.45) is 4.04. The molecule has 1 N–H and O–H groups in total. The molecule has 0 radical (unpaired) electrons. The fourth-order valence-corrected chi connectivity index (χ4v) is 4.19. The fraction of sp³-hybridized carbons (Fsp3) is 0.647. The van der Waals surface area contributed by atoms with Gasteiger partial charge in [0, 0.05) is 41.9 Å². The Labute approximate surface area is 136 Å². The molecule has 2 fully saturated rings. The van der Waals surface area contributed by atoms with Crippen molar-refractivity contribution in [1.29, 1.82) is 0 Å². The van der Waals surface area contributed by atoms with Gasteiger partial charge in [0.15, 0.2) is 0 Å². The van der Waals surface area contributed by atoms with Crippen molar-refractivity contribution in [2.24, 2.45) is 0 Å². The molecule has 2 heterocycles. The van der Waals surface area contributed by atoms with Crippen LogP contribution >= 0.6 is 15.9 Å². The molecular weight excluding hydrogens is 326 g/mol. The Bertz CT molecular complexity index is 491. The zero-order valence-corrected chi connectivity index (χ0v) is 14.7. The number of rotatable bonds is 4. The molecule has 3 nitrogen and oxygen atoms in total. The molecule has 4 heteroatoms. The maximum Gasteiger partial charge on any atom is 0.0378 e. The first kappa shape index (κ1) is 15.3. The Hall–Kier alpha value is -0.580. The van der Waals surface area contributed by atoms with Crippen molar-refractivity contribution in [3.63, 3.8) is 0 Å². The van der Waals surface area contributed by atoms with E-state index in [1.807, 2.05) is 0 Å². The van der Waals surface area contributed by atoms with E-state index in [1.54, 1.807) is 0 Å². The van der Waals surface area contributed by atoms with Crippen molar-refractivity contribution in [2.75, 3.05) is 31.6 Å². The van der Waals surface area contributed by atoms with Gasteiger partial charge in [0.25, 0.3) is 0 Å². The van der Waals surface area contributed by atoms with E-state index in [2.05, 4.69) is 63.2 Å². The van der Waals surface area contributed by atoms with E-state index in [9.17, 15) is 0 Å². The summed E-state index contributed by atoms with van der Waals surface area (Å²) in [5.41, 5.74) is 2.71. The van der Waals surface area contributed by atoms with E-state index in [-0.39, 0.29) is 0 Å². The molecule has 0 spiro atoms. The fourth-order valence-electron chi connectivity index (χ4n) is 3.68. The highest BCUT2D eigenvalue weighted by molar-refractivity contribution is 9.10. The van der Waals surface area contributed by atoms with Crippen molar-refractivity contribution in [3.8, 4) is 0 Å². The molecule has 2 unspecified atom stereocenters. The number of nitrogens with one attached hydrogen (secondary N) is 1. The first-order valence-corrected chi connectivity index (χ1v) is 8.94. The molecule has 0 amide bonds. The topological polar surface area (TPSA) is 18.5 Å². The lowest BCUT2D eigenvalue weighted by Gasteiger charge is -2.28. The predicted octanol–water partition coefficient (Wildman–Crippen LogP) is 3.23. The van der Waals surface area contributed by atoms with Gasteiger partial charge in [0.2, 0.25) is 0 Å². The van der Waals surface area contributed by atoms with Gasteiger partial charge in [-0.1, -0.05) is 28.9 Å². The van der Waals surface area contributed by atoms with E-state index in [4.69, 9.17) is 0 Å². The molecule has 2 aliphatic rings. The number of hydrogen-bond acceptors (Lipinski definition) is 3. The van der Waals surface area contributed by atoms with Crippen LogP contribution in [0.3, 0.4) is 0 Å². The van der Waals surface area contributed by atoms with Crippen LogP contribution in [0, 0.1) is 0 Å². The zero-order chi connectivity index (χ0) is 14.8. The molecule has 0 saturated carbocycles. The molecule has 21 heavy (non-hydrogen) atoms. The molecular formula is C17H26BrN3. The number of nitrogens with zero attached hydrogens (tertiary/aromatic N) is 2. The average Bonchev–Trinajstić information content (AvgIpc) is 2.71. The molecule has 3 rings (SSSR count). The molecule has 116 valence electrons. The molecule has 2 aliphatic heterocycles. The minimum Gasteiger partial charge on any atom is -0.370 e. The third kappa shape index (κ3) is 3.27. The Morgan fingerprint density at radius 1 is 1.24 bits per heavy atom. The minimum atomic E-state index is 0.734. The third-order valence-electron chi connectivity index (χ3n) is 5.12. The van der Waals surface area contributed by atoms with Crippen molar-refractivity contribution in [3.05, 3.63) is 28.2 Å². The normalized spacial score (nSPS) is 26.1. The van der Waals surface area contributed by atoms with Gasteiger partial charge < -0.3 is 10.2 Å². The minimum absolute atomic E-state index is 0.734. The van der Waals surface area contributed by atoms with Crippen LogP contribution in [0.2, 0.25) is 0 Å². The summed E-state index contributed by atoms with van der Waals surface area (Å²) in [7, 11) is 2.31. The van der Waals surface area contributed by atoms with Gasteiger partial charge in [0.05, 0.1) is 0 Å². The van der Waals surface area contributed by atoms with Gasteiger partial charge in [-0.15, -0.1) is 0 Å². The van der Waals surface area contributed by atoms with Gasteiger partial charge in [0.1, 0.15) is 0 Å². The van der Waals surface area contributed by atoms with Crippen molar-refractivity contribution in [2.45, 2.75) is 44.8 Å². The first-order chi connectivity index (χ1) is 10.2. The van der Waals surface area contributed by atoms with E-state index < -0.39 is 0 Å². The maximum absolute atomic E-state index is 3.74. The molecule has 1 aromatic rings. The molecule has 2 bridgehead atoms. The van der Waals surface area contributed by atoms with Crippen molar-refractivity contribution >= 4 is 21.6 Å². The molecule has 1 aromatic carbocycles. The quantitative estimate of drug-likeness (QED) is 0.898. The first-order valence-electron chi connectivity index (χ1n) is 8.15. The van der Waals surface area contributed by atoms with Gasteiger partial charge >= 0.3 is 0 Å². The van der Waals surface area contributed by atoms with Gasteiger partial charge in [-0.25, -0.2) is 0 Å². The number of likely N-dealkylation sites (N-methyl/N-ethyl adjacent to an activating group) is 1. The standard InChI is InChI=1S/C17H26BrN3/c1-3-19-11-13-4-5-15(10-17(13)18)21-9-8-14-6-7-16(12-21)20(14)2/h4-5,10,14,16,19H,3,6-9,11-12H2,1-2H3. The number of fused-ring (bicyclic) bond motifs is 2. The van der Waals surface area contributed by atoms with Gasteiger partial charge in [-0.2, -0.15) is 0 Å². The molecule has 2 atom stereocenters. The summed E-state index contributed by atoms with van der Waals surface area (Å²) in [6.45, 7) is 6.45. The summed E-state index contributed by atoms with van der Waals surface area (Å²) in [6, 6.07) is 8.38. The highest BCUT2D eigenvalue weighted by Crippen LogP contribution is 2.32. The second-order valence-electron chi connectivity index (χ2n) is 6.34. The lowest BCUT2D eigenvalue weighted by atomic mass is 10.1. The maximum atomic E-state index is 3.74. The zero-order valence-electron chi connectivity index (χ0n) is 13.1. The Balaban J connectivity index is 1.73. The van der Waals surface area contributed by atoms with E-state index in [0.29, 0.717) is 0 Å². The number of hydrogen-bond donors (Lipinski definition) is 1. The lowest BCUT2D eigenvalue weighted by molar-refractivity contribution is 0.254. The van der Waals surface area contributed by atoms with Crippen LogP contribution < -0.4 is 10.2 Å². The number of benzene rings is 1. The summed E-state index contributed by atoms with van der Waals surface area (Å²) in [5.74, 6) is 0. The van der Waals surface area contributed by atoms with Crippen LogP contribution in [-0.4, -0.2) is 43.7 Å². The smallest absolute Gasteiger partial charge is 0.0378 e. The largest absolute Gasteiger partial charge is 0.370 e. The molecule has 0 aliphatic carbocycles. The van der Waals surface area contributed by atoms with Crippen LogP contribution in [0.5, 0.6) is 0 Å². The molecule has 2 saturated heterocycles. The second kappa shape index (κ2) is 6.67. The average molecular weight is 352 g/mol. The molecule has 0 aromatic heterocycles. The Morgan fingerprint density at radius 2 is 2.05 bits per heavy atom. The lowest BCUT2D eigenvalue weighted by Crippen LogP contribution is -2.36. The summed E-state index contributed by atoms with van der Waals surface area (Å²) in [5, 5.41) is 3.39. The van der Waals surface area contributed by atoms with E-state index in [0.717, 1.165) is 25.2 Å². The monoisotopic (exact) mass is 351 g/mol. The predicted molar refractivity (Wildman–Crippen MR) is 92.9 cm³/mol. The van der Waals surface area contributed by atoms with Gasteiger partial charge in [-0.3, -0.25) is 4.90 Å². The number of anilines is 1. The van der Waals surface area contributed by atoms with Crippen LogP contribution in [0.4, 0.5) is 5.69 Å². The van der Waals surface area contributed by atoms with Crippen LogP contribution in [-0.2, 0) is 6.54 Å². The highest BCUT2D eigenvalue weighted by atomic mass is 79.9. The van der Waals surface area contributed by atoms with Crippen molar-refractivity contribution < 1.29 is 0 Å². The summed E-state index contributed by atoms with van der Waals surface area (Å²) >= 11 is 3.74. The second-order valence-corrected chi connectivity index (χ2v) is 7.20. The highest BCUT2D eigenvalue weighted by Gasteiger charge is 2.34.